The molecule has 0 bridgehead atoms. The number of ether oxygens (including phenoxy) is 2. The molecule has 0 aliphatic rings. The van der Waals surface area contributed by atoms with Crippen molar-refractivity contribution >= 4 is 17.8 Å². The Morgan fingerprint density at radius 1 is 1.04 bits per heavy atom. The summed E-state index contributed by atoms with van der Waals surface area (Å²) >= 11 is 0. The maximum Gasteiger partial charge on any atom is 0.329 e. The van der Waals surface area contributed by atoms with Crippen molar-refractivity contribution in [1.82, 2.24) is 5.32 Å². The van der Waals surface area contributed by atoms with Gasteiger partial charge in [0.2, 0.25) is 0 Å². The molecule has 0 fully saturated rings. The Labute approximate surface area is 136 Å². The van der Waals surface area contributed by atoms with Crippen molar-refractivity contribution in [2.75, 3.05) is 13.2 Å². The lowest BCUT2D eigenvalue weighted by molar-refractivity contribution is -0.163. The summed E-state index contributed by atoms with van der Waals surface area (Å²) in [5, 5.41) is 2.58. The standard InChI is InChI=1S/C17H23NO5/c1-5-22-15(20)13(17(3,4)16(21)23-6-2)18-14(19)12-10-8-7-9-11-12/h7-11,13H,5-6H2,1-4H3,(H,18,19)/t13-/m1/s1. The summed E-state index contributed by atoms with van der Waals surface area (Å²) < 4.78 is 10.00. The van der Waals surface area contributed by atoms with Gasteiger partial charge in [-0.2, -0.15) is 0 Å². The average Bonchev–Trinajstić information content (AvgIpc) is 2.53. The van der Waals surface area contributed by atoms with Gasteiger partial charge in [-0.05, 0) is 39.8 Å². The van der Waals surface area contributed by atoms with Crippen molar-refractivity contribution in [3.05, 3.63) is 35.9 Å². The fourth-order valence-corrected chi connectivity index (χ4v) is 2.00. The molecule has 0 spiro atoms. The topological polar surface area (TPSA) is 81.7 Å². The van der Waals surface area contributed by atoms with Gasteiger partial charge < -0.3 is 14.8 Å². The molecule has 0 heterocycles. The monoisotopic (exact) mass is 321 g/mol. The van der Waals surface area contributed by atoms with Crippen LogP contribution in [0.4, 0.5) is 0 Å². The summed E-state index contributed by atoms with van der Waals surface area (Å²) in [7, 11) is 0. The van der Waals surface area contributed by atoms with E-state index in [1.807, 2.05) is 0 Å². The predicted molar refractivity (Wildman–Crippen MR) is 84.7 cm³/mol. The number of hydrogen-bond acceptors (Lipinski definition) is 5. The van der Waals surface area contributed by atoms with Gasteiger partial charge in [0.15, 0.2) is 0 Å². The first-order chi connectivity index (χ1) is 10.8. The minimum atomic E-state index is -1.26. The molecule has 0 unspecified atom stereocenters. The summed E-state index contributed by atoms with van der Waals surface area (Å²) in [6, 6.07) is 7.30. The van der Waals surface area contributed by atoms with Crippen LogP contribution in [0, 0.1) is 5.41 Å². The quantitative estimate of drug-likeness (QED) is 0.776. The lowest BCUT2D eigenvalue weighted by Gasteiger charge is -2.30. The van der Waals surface area contributed by atoms with E-state index >= 15 is 0 Å². The number of carbonyl (C=O) groups is 3. The third kappa shape index (κ3) is 4.81. The van der Waals surface area contributed by atoms with Crippen LogP contribution in [0.15, 0.2) is 30.3 Å². The predicted octanol–water partition coefficient (Wildman–Crippen LogP) is 1.94. The zero-order chi connectivity index (χ0) is 17.5. The molecule has 1 amide bonds. The lowest BCUT2D eigenvalue weighted by Crippen LogP contribution is -2.54. The fourth-order valence-electron chi connectivity index (χ4n) is 2.00. The SMILES string of the molecule is CCOC(=O)[C@@H](NC(=O)c1ccccc1)C(C)(C)C(=O)OCC. The molecule has 126 valence electrons. The summed E-state index contributed by atoms with van der Waals surface area (Å²) in [5.74, 6) is -1.71. The lowest BCUT2D eigenvalue weighted by atomic mass is 9.84. The van der Waals surface area contributed by atoms with E-state index in [1.54, 1.807) is 44.2 Å². The van der Waals surface area contributed by atoms with E-state index < -0.39 is 29.3 Å². The molecule has 23 heavy (non-hydrogen) atoms. The van der Waals surface area contributed by atoms with Crippen LogP contribution in [0.25, 0.3) is 0 Å². The Morgan fingerprint density at radius 2 is 1.61 bits per heavy atom. The summed E-state index contributed by atoms with van der Waals surface area (Å²) in [5.41, 5.74) is -0.867. The maximum absolute atomic E-state index is 12.3. The molecule has 1 atom stereocenters. The van der Waals surface area contributed by atoms with E-state index in [4.69, 9.17) is 9.47 Å². The van der Waals surface area contributed by atoms with Crippen molar-refractivity contribution in [2.45, 2.75) is 33.7 Å². The molecule has 6 nitrogen and oxygen atoms in total. The van der Waals surface area contributed by atoms with Gasteiger partial charge in [-0.1, -0.05) is 18.2 Å². The molecule has 1 N–H and O–H groups in total. The van der Waals surface area contributed by atoms with Gasteiger partial charge in [-0.25, -0.2) is 4.79 Å². The molecule has 0 saturated carbocycles. The minimum Gasteiger partial charge on any atom is -0.466 e. The van der Waals surface area contributed by atoms with Crippen molar-refractivity contribution < 1.29 is 23.9 Å². The molecule has 0 radical (unpaired) electrons. The van der Waals surface area contributed by atoms with E-state index in [0.717, 1.165) is 0 Å². The van der Waals surface area contributed by atoms with E-state index in [1.165, 1.54) is 13.8 Å². The van der Waals surface area contributed by atoms with E-state index in [0.29, 0.717) is 5.56 Å². The van der Waals surface area contributed by atoms with Crippen LogP contribution in [0.2, 0.25) is 0 Å². The van der Waals surface area contributed by atoms with Crippen molar-refractivity contribution in [3.63, 3.8) is 0 Å². The van der Waals surface area contributed by atoms with E-state index in [9.17, 15) is 14.4 Å². The fraction of sp³-hybridized carbons (Fsp3) is 0.471. The summed E-state index contributed by atoms with van der Waals surface area (Å²) in [6.07, 6.45) is 0. The number of benzene rings is 1. The first-order valence-electron chi connectivity index (χ1n) is 7.54. The Hall–Kier alpha value is -2.37. The second-order valence-electron chi connectivity index (χ2n) is 5.47. The van der Waals surface area contributed by atoms with Gasteiger partial charge in [0.1, 0.15) is 6.04 Å². The van der Waals surface area contributed by atoms with E-state index in [2.05, 4.69) is 5.32 Å². The zero-order valence-electron chi connectivity index (χ0n) is 13.9. The molecule has 1 aromatic rings. The van der Waals surface area contributed by atoms with Gasteiger partial charge in [0.25, 0.3) is 5.91 Å². The average molecular weight is 321 g/mol. The number of rotatable bonds is 7. The van der Waals surface area contributed by atoms with Gasteiger partial charge in [-0.15, -0.1) is 0 Å². The summed E-state index contributed by atoms with van der Waals surface area (Å²) in [6.45, 7) is 6.75. The smallest absolute Gasteiger partial charge is 0.329 e. The highest BCUT2D eigenvalue weighted by molar-refractivity contribution is 5.98. The van der Waals surface area contributed by atoms with Crippen molar-refractivity contribution in [3.8, 4) is 0 Å². The molecule has 1 aromatic carbocycles. The molecule has 0 aliphatic heterocycles. The first-order valence-corrected chi connectivity index (χ1v) is 7.54. The highest BCUT2D eigenvalue weighted by Gasteiger charge is 2.44. The van der Waals surface area contributed by atoms with Crippen LogP contribution < -0.4 is 5.32 Å². The zero-order valence-corrected chi connectivity index (χ0v) is 13.9. The van der Waals surface area contributed by atoms with Crippen molar-refractivity contribution in [1.29, 1.82) is 0 Å². The molecule has 1 rings (SSSR count). The highest BCUT2D eigenvalue weighted by Crippen LogP contribution is 2.24. The normalized spacial score (nSPS) is 12.2. The Kier molecular flexibility index (Phi) is 6.75. The van der Waals surface area contributed by atoms with Crippen LogP contribution in [0.1, 0.15) is 38.1 Å². The van der Waals surface area contributed by atoms with Crippen LogP contribution in [-0.2, 0) is 19.1 Å². The third-order valence-electron chi connectivity index (χ3n) is 3.36. The Balaban J connectivity index is 3.03. The maximum atomic E-state index is 12.3. The molecular weight excluding hydrogens is 298 g/mol. The number of esters is 2. The number of carbonyl (C=O) groups excluding carboxylic acids is 3. The van der Waals surface area contributed by atoms with E-state index in [-0.39, 0.29) is 13.2 Å². The van der Waals surface area contributed by atoms with Gasteiger partial charge in [0, 0.05) is 5.56 Å². The van der Waals surface area contributed by atoms with Gasteiger partial charge >= 0.3 is 11.9 Å². The number of amides is 1. The van der Waals surface area contributed by atoms with Gasteiger partial charge in [0.05, 0.1) is 18.6 Å². The van der Waals surface area contributed by atoms with Crippen LogP contribution in [0.5, 0.6) is 0 Å². The molecule has 6 heteroatoms. The Morgan fingerprint density at radius 3 is 2.13 bits per heavy atom. The molecule has 0 saturated heterocycles. The largest absolute Gasteiger partial charge is 0.466 e. The second kappa shape index (κ2) is 8.31. The van der Waals surface area contributed by atoms with Crippen LogP contribution in [-0.4, -0.2) is 37.1 Å². The second-order valence-corrected chi connectivity index (χ2v) is 5.47. The summed E-state index contributed by atoms with van der Waals surface area (Å²) in [4.78, 5) is 36.7. The number of hydrogen-bond donors (Lipinski definition) is 1. The molecule has 0 aliphatic carbocycles. The molecule has 0 aromatic heterocycles. The highest BCUT2D eigenvalue weighted by atomic mass is 16.5. The molecular formula is C17H23NO5. The van der Waals surface area contributed by atoms with Crippen LogP contribution >= 0.6 is 0 Å². The minimum absolute atomic E-state index is 0.148. The van der Waals surface area contributed by atoms with Crippen molar-refractivity contribution in [2.24, 2.45) is 5.41 Å². The van der Waals surface area contributed by atoms with Gasteiger partial charge in [-0.3, -0.25) is 9.59 Å². The first kappa shape index (κ1) is 18.7. The third-order valence-corrected chi connectivity index (χ3v) is 3.36. The Bertz CT molecular complexity index is 553. The van der Waals surface area contributed by atoms with Crippen LogP contribution in [0.3, 0.4) is 0 Å². The number of nitrogens with one attached hydrogen (secondary N) is 1.